The molecule has 0 aliphatic carbocycles. The van der Waals surface area contributed by atoms with Crippen molar-refractivity contribution in [3.8, 4) is 0 Å². The minimum Gasteiger partial charge on any atom is -0.368 e. The molecule has 1 aromatic rings. The highest BCUT2D eigenvalue weighted by Crippen LogP contribution is 2.27. The number of anilines is 1. The zero-order chi connectivity index (χ0) is 10.7. The normalized spacial score (nSPS) is 13.5. The van der Waals surface area contributed by atoms with E-state index in [-0.39, 0.29) is 0 Å². The summed E-state index contributed by atoms with van der Waals surface area (Å²) in [6.45, 7) is 8.51. The molecule has 0 saturated heterocycles. The fourth-order valence-corrected chi connectivity index (χ4v) is 2.15. The first-order valence-corrected chi connectivity index (χ1v) is 5.81. The molecule has 14 heavy (non-hydrogen) atoms. The second-order valence-corrected chi connectivity index (χ2v) is 5.05. The Morgan fingerprint density at radius 1 is 1.36 bits per heavy atom. The molecule has 1 unspecified atom stereocenters. The third kappa shape index (κ3) is 2.41. The van der Waals surface area contributed by atoms with Crippen LogP contribution in [0.15, 0.2) is 5.16 Å². The Morgan fingerprint density at radius 3 is 2.50 bits per heavy atom. The van der Waals surface area contributed by atoms with Gasteiger partial charge in [0, 0.05) is 11.3 Å². The lowest BCUT2D eigenvalue weighted by atomic mass is 10.4. The van der Waals surface area contributed by atoms with E-state index >= 15 is 0 Å². The van der Waals surface area contributed by atoms with Crippen LogP contribution in [0.5, 0.6) is 0 Å². The molecule has 0 aliphatic rings. The smallest absolute Gasteiger partial charge is 0.222 e. The Balaban J connectivity index is 2.86. The van der Waals surface area contributed by atoms with Crippen LogP contribution >= 0.6 is 11.8 Å². The Hall–Kier alpha value is -0.710. The molecule has 1 atom stereocenters. The Morgan fingerprint density at radius 2 is 2.00 bits per heavy atom. The van der Waals surface area contributed by atoms with Gasteiger partial charge in [-0.05, 0) is 20.3 Å². The maximum Gasteiger partial charge on any atom is 0.222 e. The number of hydrogen-bond acceptors (Lipinski definition) is 4. The molecule has 0 saturated carbocycles. The highest BCUT2D eigenvalue weighted by atomic mass is 32.2. The Labute approximate surface area is 89.3 Å². The fourth-order valence-electron chi connectivity index (χ4n) is 1.12. The van der Waals surface area contributed by atoms with Crippen molar-refractivity contribution in [1.29, 1.82) is 0 Å². The van der Waals surface area contributed by atoms with Crippen LogP contribution in [-0.2, 0) is 0 Å². The molecule has 0 radical (unpaired) electrons. The summed E-state index contributed by atoms with van der Waals surface area (Å²) in [7, 11) is 0. The predicted octanol–water partition coefficient (Wildman–Crippen LogP) is 2.33. The zero-order valence-corrected chi connectivity index (χ0v) is 10.0. The van der Waals surface area contributed by atoms with E-state index in [9.17, 15) is 0 Å². The summed E-state index contributed by atoms with van der Waals surface area (Å²) < 4.78 is 1.97. The van der Waals surface area contributed by atoms with Gasteiger partial charge in [0.25, 0.3) is 0 Å². The van der Waals surface area contributed by atoms with Gasteiger partial charge in [-0.2, -0.15) is 0 Å². The zero-order valence-electron chi connectivity index (χ0n) is 9.19. The third-order valence-electron chi connectivity index (χ3n) is 2.09. The topological polar surface area (TPSA) is 56.7 Å². The Kier molecular flexibility index (Phi) is 3.80. The van der Waals surface area contributed by atoms with E-state index in [1.54, 1.807) is 11.8 Å². The number of nitrogens with zero attached hydrogens (tertiary/aromatic N) is 3. The minimum absolute atomic E-state index is 0.316. The average molecular weight is 214 g/mol. The highest BCUT2D eigenvalue weighted by molar-refractivity contribution is 7.99. The van der Waals surface area contributed by atoms with Crippen LogP contribution in [0.4, 0.5) is 5.95 Å². The first-order valence-electron chi connectivity index (χ1n) is 4.93. The van der Waals surface area contributed by atoms with Crippen LogP contribution in [0, 0.1) is 0 Å². The number of nitrogens with two attached hydrogens (primary N) is 1. The molecule has 0 spiro atoms. The summed E-state index contributed by atoms with van der Waals surface area (Å²) in [5.41, 5.74) is 5.74. The van der Waals surface area contributed by atoms with Crippen molar-refractivity contribution in [3.05, 3.63) is 0 Å². The summed E-state index contributed by atoms with van der Waals surface area (Å²) in [4.78, 5) is 0. The van der Waals surface area contributed by atoms with E-state index in [1.807, 2.05) is 4.57 Å². The quantitative estimate of drug-likeness (QED) is 0.782. The third-order valence-corrected chi connectivity index (χ3v) is 3.31. The Bertz CT molecular complexity index is 295. The first-order chi connectivity index (χ1) is 6.56. The number of rotatable bonds is 4. The van der Waals surface area contributed by atoms with Crippen molar-refractivity contribution < 1.29 is 0 Å². The van der Waals surface area contributed by atoms with Crippen molar-refractivity contribution in [3.63, 3.8) is 0 Å². The number of hydrogen-bond donors (Lipinski definition) is 1. The summed E-state index contributed by atoms with van der Waals surface area (Å²) >= 11 is 1.73. The number of nitrogen functional groups attached to an aromatic ring is 1. The van der Waals surface area contributed by atoms with Gasteiger partial charge >= 0.3 is 0 Å². The number of aromatic nitrogens is 3. The molecule has 80 valence electrons. The standard InChI is InChI=1S/C9H18N4S/c1-5-7(4)14-9-12-11-8(10)13(9)6(2)3/h6-7H,5H2,1-4H3,(H2,10,11). The van der Waals surface area contributed by atoms with Crippen molar-refractivity contribution in [2.75, 3.05) is 5.73 Å². The molecule has 1 heterocycles. The molecular weight excluding hydrogens is 196 g/mol. The van der Waals surface area contributed by atoms with Crippen LogP contribution in [0.3, 0.4) is 0 Å². The van der Waals surface area contributed by atoms with Crippen molar-refractivity contribution in [2.24, 2.45) is 0 Å². The lowest BCUT2D eigenvalue weighted by molar-refractivity contribution is 0.556. The molecular formula is C9H18N4S. The first kappa shape index (κ1) is 11.4. The maximum atomic E-state index is 5.74. The van der Waals surface area contributed by atoms with Crippen molar-refractivity contribution in [1.82, 2.24) is 14.8 Å². The van der Waals surface area contributed by atoms with E-state index in [1.165, 1.54) is 0 Å². The van der Waals surface area contributed by atoms with Crippen LogP contribution < -0.4 is 5.73 Å². The molecule has 0 aliphatic heterocycles. The van der Waals surface area contributed by atoms with Crippen LogP contribution in [0.2, 0.25) is 0 Å². The average Bonchev–Trinajstić information content (AvgIpc) is 2.46. The van der Waals surface area contributed by atoms with Crippen molar-refractivity contribution in [2.45, 2.75) is 50.6 Å². The summed E-state index contributed by atoms with van der Waals surface area (Å²) in [6.07, 6.45) is 1.12. The van der Waals surface area contributed by atoms with E-state index < -0.39 is 0 Å². The van der Waals surface area contributed by atoms with E-state index in [2.05, 4.69) is 37.9 Å². The van der Waals surface area contributed by atoms with Crippen LogP contribution in [-0.4, -0.2) is 20.0 Å². The molecule has 0 aromatic carbocycles. The molecule has 1 rings (SSSR count). The maximum absolute atomic E-state index is 5.74. The summed E-state index contributed by atoms with van der Waals surface area (Å²) in [5.74, 6) is 0.505. The molecule has 5 heteroatoms. The highest BCUT2D eigenvalue weighted by Gasteiger charge is 2.14. The predicted molar refractivity (Wildman–Crippen MR) is 60.4 cm³/mol. The fraction of sp³-hybridized carbons (Fsp3) is 0.778. The summed E-state index contributed by atoms with van der Waals surface area (Å²) in [5, 5.41) is 9.45. The lowest BCUT2D eigenvalue weighted by Gasteiger charge is -2.13. The lowest BCUT2D eigenvalue weighted by Crippen LogP contribution is -2.08. The van der Waals surface area contributed by atoms with Gasteiger partial charge < -0.3 is 5.73 Å². The minimum atomic E-state index is 0.316. The molecule has 0 fully saturated rings. The number of thioether (sulfide) groups is 1. The van der Waals surface area contributed by atoms with Gasteiger partial charge in [0.05, 0.1) is 0 Å². The SMILES string of the molecule is CCC(C)Sc1nnc(N)n1C(C)C. The van der Waals surface area contributed by atoms with Gasteiger partial charge in [-0.25, -0.2) is 0 Å². The molecule has 4 nitrogen and oxygen atoms in total. The largest absolute Gasteiger partial charge is 0.368 e. The second kappa shape index (κ2) is 4.68. The van der Waals surface area contributed by atoms with E-state index in [0.717, 1.165) is 11.6 Å². The molecule has 2 N–H and O–H groups in total. The van der Waals surface area contributed by atoms with Gasteiger partial charge in [-0.15, -0.1) is 10.2 Å². The monoisotopic (exact) mass is 214 g/mol. The summed E-state index contributed by atoms with van der Waals surface area (Å²) in [6, 6.07) is 0.316. The van der Waals surface area contributed by atoms with E-state index in [4.69, 9.17) is 5.73 Å². The molecule has 0 amide bonds. The van der Waals surface area contributed by atoms with Gasteiger partial charge in [0.15, 0.2) is 5.16 Å². The van der Waals surface area contributed by atoms with E-state index in [0.29, 0.717) is 17.2 Å². The van der Waals surface area contributed by atoms with Gasteiger partial charge in [0.2, 0.25) is 5.95 Å². The van der Waals surface area contributed by atoms with Crippen LogP contribution in [0.1, 0.15) is 40.2 Å². The van der Waals surface area contributed by atoms with Crippen molar-refractivity contribution >= 4 is 17.7 Å². The van der Waals surface area contributed by atoms with Gasteiger partial charge in [0.1, 0.15) is 0 Å². The van der Waals surface area contributed by atoms with Gasteiger partial charge in [-0.1, -0.05) is 25.6 Å². The van der Waals surface area contributed by atoms with Crippen LogP contribution in [0.25, 0.3) is 0 Å². The second-order valence-electron chi connectivity index (χ2n) is 3.64. The molecule has 0 bridgehead atoms. The molecule has 1 aromatic heterocycles. The van der Waals surface area contributed by atoms with Gasteiger partial charge in [-0.3, -0.25) is 4.57 Å².